The molecule has 0 saturated heterocycles. The molecule has 3 N–H and O–H groups in total. The summed E-state index contributed by atoms with van der Waals surface area (Å²) in [7, 11) is 0. The van der Waals surface area contributed by atoms with E-state index in [1.807, 2.05) is 24.3 Å². The van der Waals surface area contributed by atoms with Crippen LogP contribution in [0, 0.1) is 12.3 Å². The van der Waals surface area contributed by atoms with Crippen molar-refractivity contribution in [1.29, 1.82) is 0 Å². The van der Waals surface area contributed by atoms with Crippen molar-refractivity contribution in [1.82, 2.24) is 5.32 Å². The highest BCUT2D eigenvalue weighted by Crippen LogP contribution is 2.21. The van der Waals surface area contributed by atoms with Gasteiger partial charge in [0.15, 0.2) is 0 Å². The zero-order chi connectivity index (χ0) is 10.4. The summed E-state index contributed by atoms with van der Waals surface area (Å²) in [4.78, 5) is 0. The molecule has 0 aromatic heterocycles. The summed E-state index contributed by atoms with van der Waals surface area (Å²) in [6.45, 7) is 0.971. The number of benzene rings is 1. The van der Waals surface area contributed by atoms with E-state index < -0.39 is 0 Å². The number of terminal acetylenes is 1. The van der Waals surface area contributed by atoms with Gasteiger partial charge in [0.05, 0.1) is 6.54 Å². The molecule has 14 heavy (non-hydrogen) atoms. The molecule has 0 heterocycles. The lowest BCUT2D eigenvalue weighted by Gasteiger charge is -2.16. The average molecular weight is 209 g/mol. The van der Waals surface area contributed by atoms with E-state index in [0.29, 0.717) is 18.1 Å². The van der Waals surface area contributed by atoms with Crippen molar-refractivity contribution in [3.8, 4) is 12.3 Å². The van der Waals surface area contributed by atoms with Gasteiger partial charge in [0, 0.05) is 17.6 Å². The lowest BCUT2D eigenvalue weighted by Crippen LogP contribution is -2.28. The third-order valence-electron chi connectivity index (χ3n) is 1.97. The number of nitrogens with two attached hydrogens (primary N) is 1. The predicted octanol–water partition coefficient (Wildman–Crippen LogP) is 1.56. The Labute approximate surface area is 89.4 Å². The van der Waals surface area contributed by atoms with Gasteiger partial charge in [0.2, 0.25) is 0 Å². The zero-order valence-corrected chi connectivity index (χ0v) is 8.59. The lowest BCUT2D eigenvalue weighted by molar-refractivity contribution is 0.582. The Morgan fingerprint density at radius 3 is 2.79 bits per heavy atom. The Bertz CT molecular complexity index is 330. The van der Waals surface area contributed by atoms with Crippen LogP contribution in [-0.2, 0) is 0 Å². The molecule has 1 aromatic rings. The Hall–Kier alpha value is -1.01. The summed E-state index contributed by atoms with van der Waals surface area (Å²) >= 11 is 6.03. The van der Waals surface area contributed by atoms with E-state index in [-0.39, 0.29) is 6.04 Å². The fraction of sp³-hybridized carbons (Fsp3) is 0.273. The largest absolute Gasteiger partial charge is 0.329 e. The molecule has 1 atom stereocenters. The van der Waals surface area contributed by atoms with E-state index in [1.165, 1.54) is 0 Å². The van der Waals surface area contributed by atoms with Gasteiger partial charge in [-0.15, -0.1) is 6.42 Å². The topological polar surface area (TPSA) is 38.0 Å². The first-order valence-electron chi connectivity index (χ1n) is 4.41. The molecule has 0 bridgehead atoms. The molecule has 1 aromatic carbocycles. The van der Waals surface area contributed by atoms with Gasteiger partial charge in [-0.2, -0.15) is 0 Å². The molecular formula is C11H13ClN2. The minimum absolute atomic E-state index is 0.0275. The summed E-state index contributed by atoms with van der Waals surface area (Å²) in [5.74, 6) is 2.51. The van der Waals surface area contributed by atoms with E-state index >= 15 is 0 Å². The van der Waals surface area contributed by atoms with Gasteiger partial charge in [-0.1, -0.05) is 35.7 Å². The molecular weight excluding hydrogens is 196 g/mol. The van der Waals surface area contributed by atoms with Gasteiger partial charge >= 0.3 is 0 Å². The van der Waals surface area contributed by atoms with Crippen molar-refractivity contribution in [3.05, 3.63) is 34.9 Å². The molecule has 0 aliphatic heterocycles. The molecule has 2 nitrogen and oxygen atoms in total. The first-order valence-corrected chi connectivity index (χ1v) is 4.78. The molecule has 0 radical (unpaired) electrons. The summed E-state index contributed by atoms with van der Waals surface area (Å²) in [6, 6.07) is 7.64. The fourth-order valence-electron chi connectivity index (χ4n) is 1.26. The summed E-state index contributed by atoms with van der Waals surface area (Å²) in [5.41, 5.74) is 6.62. The highest BCUT2D eigenvalue weighted by molar-refractivity contribution is 6.31. The van der Waals surface area contributed by atoms with E-state index in [9.17, 15) is 0 Å². The number of hydrogen-bond donors (Lipinski definition) is 2. The first kappa shape index (κ1) is 11.1. The molecule has 0 aliphatic rings. The van der Waals surface area contributed by atoms with Crippen molar-refractivity contribution in [2.45, 2.75) is 6.04 Å². The molecule has 0 saturated carbocycles. The van der Waals surface area contributed by atoms with Crippen LogP contribution in [-0.4, -0.2) is 13.1 Å². The van der Waals surface area contributed by atoms with Crippen LogP contribution in [0.5, 0.6) is 0 Å². The van der Waals surface area contributed by atoms with Crippen molar-refractivity contribution in [3.63, 3.8) is 0 Å². The van der Waals surface area contributed by atoms with Crippen LogP contribution in [0.4, 0.5) is 0 Å². The minimum Gasteiger partial charge on any atom is -0.329 e. The quantitative estimate of drug-likeness (QED) is 0.738. The monoisotopic (exact) mass is 208 g/mol. The maximum atomic E-state index is 6.03. The molecule has 74 valence electrons. The zero-order valence-electron chi connectivity index (χ0n) is 7.83. The van der Waals surface area contributed by atoms with E-state index in [2.05, 4.69) is 11.2 Å². The Morgan fingerprint density at radius 1 is 1.50 bits per heavy atom. The van der Waals surface area contributed by atoms with E-state index in [0.717, 1.165) is 5.56 Å². The average Bonchev–Trinajstić information content (AvgIpc) is 2.21. The van der Waals surface area contributed by atoms with E-state index in [4.69, 9.17) is 23.8 Å². The normalized spacial score (nSPS) is 12.1. The van der Waals surface area contributed by atoms with Crippen molar-refractivity contribution in [2.75, 3.05) is 13.1 Å². The Kier molecular flexibility index (Phi) is 4.48. The molecule has 0 aliphatic carbocycles. The summed E-state index contributed by atoms with van der Waals surface area (Å²) in [6.07, 6.45) is 5.16. The van der Waals surface area contributed by atoms with Crippen LogP contribution >= 0.6 is 11.6 Å². The second kappa shape index (κ2) is 5.66. The van der Waals surface area contributed by atoms with Gasteiger partial charge in [0.25, 0.3) is 0 Å². The van der Waals surface area contributed by atoms with E-state index in [1.54, 1.807) is 0 Å². The number of nitrogens with one attached hydrogen (secondary N) is 1. The minimum atomic E-state index is 0.0275. The highest BCUT2D eigenvalue weighted by Gasteiger charge is 2.10. The third kappa shape index (κ3) is 2.74. The number of halogens is 1. The number of hydrogen-bond acceptors (Lipinski definition) is 2. The first-order chi connectivity index (χ1) is 6.79. The molecule has 0 fully saturated rings. The van der Waals surface area contributed by atoms with Gasteiger partial charge in [-0.05, 0) is 11.6 Å². The lowest BCUT2D eigenvalue weighted by atomic mass is 10.1. The van der Waals surface area contributed by atoms with Crippen LogP contribution in [0.15, 0.2) is 24.3 Å². The summed E-state index contributed by atoms with van der Waals surface area (Å²) < 4.78 is 0. The highest BCUT2D eigenvalue weighted by atomic mass is 35.5. The van der Waals surface area contributed by atoms with Crippen molar-refractivity contribution >= 4 is 11.6 Å². The van der Waals surface area contributed by atoms with Crippen LogP contribution in [0.1, 0.15) is 11.6 Å². The molecule has 1 rings (SSSR count). The second-order valence-corrected chi connectivity index (χ2v) is 3.30. The maximum absolute atomic E-state index is 6.03. The van der Waals surface area contributed by atoms with Crippen LogP contribution < -0.4 is 11.1 Å². The smallest absolute Gasteiger partial charge is 0.0578 e. The second-order valence-electron chi connectivity index (χ2n) is 2.89. The van der Waals surface area contributed by atoms with Gasteiger partial charge < -0.3 is 5.73 Å². The third-order valence-corrected chi connectivity index (χ3v) is 2.31. The van der Waals surface area contributed by atoms with Gasteiger partial charge in [-0.3, -0.25) is 5.32 Å². The fourth-order valence-corrected chi connectivity index (χ4v) is 1.53. The van der Waals surface area contributed by atoms with Crippen molar-refractivity contribution in [2.24, 2.45) is 5.73 Å². The van der Waals surface area contributed by atoms with Gasteiger partial charge in [-0.25, -0.2) is 0 Å². The predicted molar refractivity (Wildman–Crippen MR) is 60.1 cm³/mol. The van der Waals surface area contributed by atoms with Crippen LogP contribution in [0.2, 0.25) is 5.02 Å². The molecule has 1 unspecified atom stereocenters. The Balaban J connectivity index is 2.79. The summed E-state index contributed by atoms with van der Waals surface area (Å²) in [5, 5.41) is 3.85. The molecule has 0 spiro atoms. The number of rotatable bonds is 4. The standard InChI is InChI=1S/C11H13ClN2/c1-2-7-14-11(8-13)9-5-3-4-6-10(9)12/h1,3-6,11,14H,7-8,13H2. The molecule has 0 amide bonds. The van der Waals surface area contributed by atoms with Crippen LogP contribution in [0.3, 0.4) is 0 Å². The van der Waals surface area contributed by atoms with Crippen LogP contribution in [0.25, 0.3) is 0 Å². The van der Waals surface area contributed by atoms with Gasteiger partial charge in [0.1, 0.15) is 0 Å². The van der Waals surface area contributed by atoms with Crippen molar-refractivity contribution < 1.29 is 0 Å². The molecule has 3 heteroatoms. The maximum Gasteiger partial charge on any atom is 0.0578 e. The SMILES string of the molecule is C#CCNC(CN)c1ccccc1Cl. The Morgan fingerprint density at radius 2 is 2.21 bits per heavy atom.